The number of piperidine rings is 1. The number of aliphatic hydroxyl groups excluding tert-OH is 1. The van der Waals surface area contributed by atoms with Crippen LogP contribution in [0, 0.1) is 5.92 Å². The summed E-state index contributed by atoms with van der Waals surface area (Å²) in [5.74, 6) is 2.36. The first kappa shape index (κ1) is 23.1. The van der Waals surface area contributed by atoms with Gasteiger partial charge in [-0.1, -0.05) is 35.5 Å². The van der Waals surface area contributed by atoms with Crippen LogP contribution in [0.2, 0.25) is 0 Å². The SMILES string of the molecule is OC(COCc1ccco1)CN(Cc1c(-c2ccccc2)noc1N1CCCCC1)CC1CC1. The number of ether oxygens (including phenoxy) is 1. The van der Waals surface area contributed by atoms with Crippen molar-refractivity contribution < 1.29 is 18.8 Å². The molecule has 1 atom stereocenters. The van der Waals surface area contributed by atoms with Crippen LogP contribution in [0.1, 0.15) is 43.4 Å². The van der Waals surface area contributed by atoms with Crippen molar-refractivity contribution in [1.82, 2.24) is 10.1 Å². The van der Waals surface area contributed by atoms with Gasteiger partial charge in [0.05, 0.1) is 24.5 Å². The summed E-state index contributed by atoms with van der Waals surface area (Å²) in [5.41, 5.74) is 3.10. The molecule has 2 aromatic heterocycles. The normalized spacial score (nSPS) is 17.4. The fourth-order valence-electron chi connectivity index (χ4n) is 4.75. The van der Waals surface area contributed by atoms with Gasteiger partial charge in [-0.3, -0.25) is 4.90 Å². The summed E-state index contributed by atoms with van der Waals surface area (Å²) in [5, 5.41) is 15.3. The number of hydrogen-bond acceptors (Lipinski definition) is 7. The molecule has 3 heterocycles. The zero-order chi connectivity index (χ0) is 23.2. The second-order valence-electron chi connectivity index (χ2n) is 9.61. The van der Waals surface area contributed by atoms with E-state index in [-0.39, 0.29) is 6.61 Å². The predicted molar refractivity (Wildman–Crippen MR) is 130 cm³/mol. The molecule has 1 unspecified atom stereocenters. The van der Waals surface area contributed by atoms with Gasteiger partial charge in [0.15, 0.2) is 0 Å². The molecule has 0 amide bonds. The third-order valence-electron chi connectivity index (χ3n) is 6.66. The molecular formula is C27H35N3O4. The minimum atomic E-state index is -0.577. The van der Waals surface area contributed by atoms with Gasteiger partial charge >= 0.3 is 0 Å². The zero-order valence-corrected chi connectivity index (χ0v) is 19.8. The standard InChI is InChI=1S/C27H35N3O4/c31-23(19-32-20-24-10-7-15-33-24)17-29(16-21-11-12-21)18-25-26(22-8-3-1-4-9-22)28-34-27(25)30-13-5-2-6-14-30/h1,3-4,7-10,15,21,23,31H,2,5-6,11-14,16-20H2. The molecule has 182 valence electrons. The molecule has 1 aliphatic carbocycles. The van der Waals surface area contributed by atoms with Crippen LogP contribution in [0.15, 0.2) is 57.7 Å². The van der Waals surface area contributed by atoms with E-state index in [0.29, 0.717) is 25.6 Å². The van der Waals surface area contributed by atoms with Crippen molar-refractivity contribution in [1.29, 1.82) is 0 Å². The molecule has 0 radical (unpaired) electrons. The highest BCUT2D eigenvalue weighted by Gasteiger charge is 2.29. The predicted octanol–water partition coefficient (Wildman–Crippen LogP) is 4.71. The van der Waals surface area contributed by atoms with Crippen LogP contribution in [0.3, 0.4) is 0 Å². The van der Waals surface area contributed by atoms with Gasteiger partial charge in [0.25, 0.3) is 0 Å². The monoisotopic (exact) mass is 465 g/mol. The molecule has 3 aromatic rings. The van der Waals surface area contributed by atoms with Crippen LogP contribution in [0.5, 0.6) is 0 Å². The third-order valence-corrected chi connectivity index (χ3v) is 6.66. The Morgan fingerprint density at radius 3 is 2.65 bits per heavy atom. The van der Waals surface area contributed by atoms with E-state index < -0.39 is 6.10 Å². The van der Waals surface area contributed by atoms with Crippen LogP contribution in [0.25, 0.3) is 11.3 Å². The largest absolute Gasteiger partial charge is 0.467 e. The lowest BCUT2D eigenvalue weighted by atomic mass is 10.1. The van der Waals surface area contributed by atoms with Crippen molar-refractivity contribution in [2.75, 3.05) is 37.7 Å². The van der Waals surface area contributed by atoms with Gasteiger partial charge in [0.2, 0.25) is 5.88 Å². The molecule has 7 heteroatoms. The number of aromatic nitrogens is 1. The Kier molecular flexibility index (Phi) is 7.63. The maximum atomic E-state index is 10.8. The average molecular weight is 466 g/mol. The molecule has 7 nitrogen and oxygen atoms in total. The van der Waals surface area contributed by atoms with E-state index in [2.05, 4.69) is 27.1 Å². The number of rotatable bonds is 12. The Morgan fingerprint density at radius 1 is 1.09 bits per heavy atom. The maximum Gasteiger partial charge on any atom is 0.232 e. The summed E-state index contributed by atoms with van der Waals surface area (Å²) >= 11 is 0. The molecule has 34 heavy (non-hydrogen) atoms. The Bertz CT molecular complexity index is 994. The van der Waals surface area contributed by atoms with Gasteiger partial charge in [-0.25, -0.2) is 0 Å². The lowest BCUT2D eigenvalue weighted by molar-refractivity contribution is 0.00319. The van der Waals surface area contributed by atoms with E-state index >= 15 is 0 Å². The van der Waals surface area contributed by atoms with Crippen LogP contribution in [-0.4, -0.2) is 54.1 Å². The molecule has 1 aromatic carbocycles. The smallest absolute Gasteiger partial charge is 0.232 e. The fourth-order valence-corrected chi connectivity index (χ4v) is 4.75. The van der Waals surface area contributed by atoms with E-state index in [1.807, 2.05) is 30.3 Å². The third kappa shape index (κ3) is 6.09. The van der Waals surface area contributed by atoms with Gasteiger partial charge in [-0.15, -0.1) is 0 Å². The van der Waals surface area contributed by atoms with Crippen LogP contribution in [0.4, 0.5) is 5.88 Å². The summed E-state index contributed by atoms with van der Waals surface area (Å²) in [6.45, 7) is 4.86. The molecule has 1 aliphatic heterocycles. The van der Waals surface area contributed by atoms with Gasteiger partial charge in [-0.05, 0) is 50.2 Å². The van der Waals surface area contributed by atoms with E-state index in [1.54, 1.807) is 6.26 Å². The van der Waals surface area contributed by atoms with Gasteiger partial charge in [0, 0.05) is 38.3 Å². The topological polar surface area (TPSA) is 75.1 Å². The molecule has 1 saturated carbocycles. The van der Waals surface area contributed by atoms with Crippen molar-refractivity contribution in [3.8, 4) is 11.3 Å². The number of aliphatic hydroxyl groups is 1. The molecular weight excluding hydrogens is 430 g/mol. The van der Waals surface area contributed by atoms with Crippen molar-refractivity contribution >= 4 is 5.88 Å². The average Bonchev–Trinajstić information content (AvgIpc) is 3.35. The lowest BCUT2D eigenvalue weighted by Crippen LogP contribution is -2.37. The number of hydrogen-bond donors (Lipinski definition) is 1. The van der Waals surface area contributed by atoms with Crippen molar-refractivity contribution in [2.24, 2.45) is 5.92 Å². The van der Waals surface area contributed by atoms with E-state index in [0.717, 1.165) is 48.1 Å². The number of nitrogens with zero attached hydrogens (tertiary/aromatic N) is 3. The van der Waals surface area contributed by atoms with Crippen molar-refractivity contribution in [3.63, 3.8) is 0 Å². The Balaban J connectivity index is 1.31. The molecule has 2 aliphatic rings. The Hall–Kier alpha value is -2.61. The van der Waals surface area contributed by atoms with Crippen LogP contribution >= 0.6 is 0 Å². The minimum absolute atomic E-state index is 0.274. The van der Waals surface area contributed by atoms with E-state index in [1.165, 1.54) is 32.1 Å². The first-order valence-electron chi connectivity index (χ1n) is 12.6. The van der Waals surface area contributed by atoms with Gasteiger partial charge in [0.1, 0.15) is 18.1 Å². The fraction of sp³-hybridized carbons (Fsp3) is 0.519. The zero-order valence-electron chi connectivity index (χ0n) is 19.8. The van der Waals surface area contributed by atoms with E-state index in [9.17, 15) is 5.11 Å². The first-order chi connectivity index (χ1) is 16.8. The number of benzene rings is 1. The molecule has 0 spiro atoms. The highest BCUT2D eigenvalue weighted by atomic mass is 16.5. The molecule has 1 N–H and O–H groups in total. The van der Waals surface area contributed by atoms with Crippen LogP contribution < -0.4 is 4.90 Å². The summed E-state index contributed by atoms with van der Waals surface area (Å²) in [6, 6.07) is 14.0. The lowest BCUT2D eigenvalue weighted by Gasteiger charge is -2.29. The highest BCUT2D eigenvalue weighted by molar-refractivity contribution is 5.68. The Labute approximate surface area is 201 Å². The summed E-state index contributed by atoms with van der Waals surface area (Å²) in [7, 11) is 0. The summed E-state index contributed by atoms with van der Waals surface area (Å²) < 4.78 is 17.0. The quantitative estimate of drug-likeness (QED) is 0.415. The van der Waals surface area contributed by atoms with Gasteiger partial charge < -0.3 is 23.7 Å². The Morgan fingerprint density at radius 2 is 1.91 bits per heavy atom. The summed E-state index contributed by atoms with van der Waals surface area (Å²) in [6.07, 6.45) is 7.20. The number of furan rings is 1. The maximum absolute atomic E-state index is 10.8. The van der Waals surface area contributed by atoms with Crippen molar-refractivity contribution in [2.45, 2.75) is 51.4 Å². The second kappa shape index (κ2) is 11.2. The van der Waals surface area contributed by atoms with Gasteiger partial charge in [-0.2, -0.15) is 0 Å². The second-order valence-corrected chi connectivity index (χ2v) is 9.61. The minimum Gasteiger partial charge on any atom is -0.467 e. The summed E-state index contributed by atoms with van der Waals surface area (Å²) in [4.78, 5) is 4.70. The number of anilines is 1. The van der Waals surface area contributed by atoms with Crippen LogP contribution in [-0.2, 0) is 17.9 Å². The van der Waals surface area contributed by atoms with E-state index in [4.69, 9.17) is 13.7 Å². The van der Waals surface area contributed by atoms with Crippen molar-refractivity contribution in [3.05, 3.63) is 60.1 Å². The molecule has 0 bridgehead atoms. The molecule has 5 rings (SSSR count). The molecule has 1 saturated heterocycles. The molecule has 2 fully saturated rings. The first-order valence-corrected chi connectivity index (χ1v) is 12.6. The highest BCUT2D eigenvalue weighted by Crippen LogP contribution is 2.35.